The largest absolute Gasteiger partial charge is 0.394 e. The van der Waals surface area contributed by atoms with Gasteiger partial charge in [0, 0.05) is 28.7 Å². The van der Waals surface area contributed by atoms with Crippen LogP contribution in [0, 0.1) is 20.8 Å². The lowest BCUT2D eigenvalue weighted by Gasteiger charge is -2.28. The molecule has 1 atom stereocenters. The Morgan fingerprint density at radius 1 is 1.26 bits per heavy atom. The van der Waals surface area contributed by atoms with Crippen LogP contribution in [0.25, 0.3) is 0 Å². The van der Waals surface area contributed by atoms with E-state index in [1.54, 1.807) is 11.8 Å². The van der Waals surface area contributed by atoms with Crippen LogP contribution in [0.15, 0.2) is 5.16 Å². The molecule has 1 heterocycles. The van der Waals surface area contributed by atoms with E-state index < -0.39 is 0 Å². The molecule has 0 spiro atoms. The smallest absolute Gasteiger partial charge is 0.188 e. The van der Waals surface area contributed by atoms with Crippen molar-refractivity contribution in [2.24, 2.45) is 0 Å². The summed E-state index contributed by atoms with van der Waals surface area (Å²) in [6, 6.07) is 0.583. The van der Waals surface area contributed by atoms with Crippen molar-refractivity contribution >= 4 is 11.8 Å². The third-order valence-electron chi connectivity index (χ3n) is 3.61. The molecule has 0 saturated heterocycles. The summed E-state index contributed by atoms with van der Waals surface area (Å²) in [5.41, 5.74) is 2.99. The standard InChI is InChI=1S/C14H23N3OS/c1-9-10(2)15-13(16-11(9)3)19-8-14(4,7-18)17-12-5-6-12/h12,17-18H,5-8H2,1-4H3. The molecule has 0 aromatic carbocycles. The van der Waals surface area contributed by atoms with Crippen LogP contribution >= 0.6 is 11.8 Å². The zero-order valence-electron chi connectivity index (χ0n) is 12.2. The summed E-state index contributed by atoms with van der Waals surface area (Å²) >= 11 is 1.61. The molecular formula is C14H23N3OS. The molecule has 1 aromatic heterocycles. The highest BCUT2D eigenvalue weighted by atomic mass is 32.2. The number of aliphatic hydroxyl groups is 1. The number of nitrogens with zero attached hydrogens (tertiary/aromatic N) is 2. The molecule has 2 rings (SSSR count). The van der Waals surface area contributed by atoms with Gasteiger partial charge in [0.15, 0.2) is 5.16 Å². The average molecular weight is 281 g/mol. The number of aryl methyl sites for hydroxylation is 2. The van der Waals surface area contributed by atoms with Gasteiger partial charge in [-0.2, -0.15) is 0 Å². The quantitative estimate of drug-likeness (QED) is 0.617. The Morgan fingerprint density at radius 3 is 2.32 bits per heavy atom. The third-order valence-corrected chi connectivity index (χ3v) is 4.83. The van der Waals surface area contributed by atoms with Crippen LogP contribution in [0.3, 0.4) is 0 Å². The van der Waals surface area contributed by atoms with Gasteiger partial charge in [-0.1, -0.05) is 11.8 Å². The van der Waals surface area contributed by atoms with E-state index in [0.717, 1.165) is 27.9 Å². The molecular weight excluding hydrogens is 258 g/mol. The zero-order chi connectivity index (χ0) is 14.0. The molecule has 1 aliphatic rings. The summed E-state index contributed by atoms with van der Waals surface area (Å²) in [6.45, 7) is 8.28. The number of hydrogen-bond acceptors (Lipinski definition) is 5. The molecule has 0 radical (unpaired) electrons. The monoisotopic (exact) mass is 281 g/mol. The van der Waals surface area contributed by atoms with Gasteiger partial charge in [0.25, 0.3) is 0 Å². The predicted molar refractivity (Wildman–Crippen MR) is 78.6 cm³/mol. The molecule has 4 nitrogen and oxygen atoms in total. The van der Waals surface area contributed by atoms with Gasteiger partial charge < -0.3 is 10.4 Å². The van der Waals surface area contributed by atoms with E-state index in [-0.39, 0.29) is 12.1 Å². The lowest BCUT2D eigenvalue weighted by molar-refractivity contribution is 0.190. The third kappa shape index (κ3) is 3.91. The van der Waals surface area contributed by atoms with Crippen LogP contribution in [-0.2, 0) is 0 Å². The van der Waals surface area contributed by atoms with Gasteiger partial charge in [-0.05, 0) is 46.1 Å². The average Bonchev–Trinajstić information content (AvgIpc) is 3.17. The Hall–Kier alpha value is -0.650. The molecule has 1 aromatic rings. The highest BCUT2D eigenvalue weighted by Crippen LogP contribution is 2.26. The molecule has 1 saturated carbocycles. The second-order valence-corrected chi connectivity index (χ2v) is 6.67. The van der Waals surface area contributed by atoms with E-state index >= 15 is 0 Å². The van der Waals surface area contributed by atoms with E-state index in [9.17, 15) is 5.11 Å². The van der Waals surface area contributed by atoms with Gasteiger partial charge in [-0.3, -0.25) is 0 Å². The summed E-state index contributed by atoms with van der Waals surface area (Å²) < 4.78 is 0. The maximum absolute atomic E-state index is 9.58. The minimum Gasteiger partial charge on any atom is -0.394 e. The fourth-order valence-corrected chi connectivity index (χ4v) is 2.91. The molecule has 19 heavy (non-hydrogen) atoms. The van der Waals surface area contributed by atoms with Crippen LogP contribution in [0.1, 0.15) is 36.7 Å². The van der Waals surface area contributed by atoms with Crippen LogP contribution in [0.5, 0.6) is 0 Å². The van der Waals surface area contributed by atoms with E-state index in [4.69, 9.17) is 0 Å². The molecule has 5 heteroatoms. The summed E-state index contributed by atoms with van der Waals surface area (Å²) in [7, 11) is 0. The first-order chi connectivity index (χ1) is 8.93. The van der Waals surface area contributed by atoms with Crippen molar-refractivity contribution in [3.8, 4) is 0 Å². The van der Waals surface area contributed by atoms with Crippen LogP contribution < -0.4 is 5.32 Å². The van der Waals surface area contributed by atoms with Crippen molar-refractivity contribution in [1.82, 2.24) is 15.3 Å². The molecule has 1 unspecified atom stereocenters. The maximum atomic E-state index is 9.58. The molecule has 0 amide bonds. The zero-order valence-corrected chi connectivity index (χ0v) is 13.0. The number of hydrogen-bond donors (Lipinski definition) is 2. The van der Waals surface area contributed by atoms with Crippen LogP contribution in [0.4, 0.5) is 0 Å². The van der Waals surface area contributed by atoms with E-state index in [1.165, 1.54) is 12.8 Å². The fraction of sp³-hybridized carbons (Fsp3) is 0.714. The van der Waals surface area contributed by atoms with Crippen molar-refractivity contribution in [2.45, 2.75) is 57.3 Å². The predicted octanol–water partition coefficient (Wildman–Crippen LogP) is 2.00. The van der Waals surface area contributed by atoms with E-state index in [1.807, 2.05) is 20.8 Å². The lowest BCUT2D eigenvalue weighted by atomic mass is 10.1. The Labute approximate surface area is 119 Å². The highest BCUT2D eigenvalue weighted by Gasteiger charge is 2.32. The first-order valence-electron chi connectivity index (χ1n) is 6.77. The van der Waals surface area contributed by atoms with Crippen molar-refractivity contribution in [3.63, 3.8) is 0 Å². The second-order valence-electron chi connectivity index (χ2n) is 5.73. The Kier molecular flexibility index (Phi) is 4.48. The van der Waals surface area contributed by atoms with Gasteiger partial charge in [0.05, 0.1) is 6.61 Å². The fourth-order valence-electron chi connectivity index (χ4n) is 1.88. The van der Waals surface area contributed by atoms with Gasteiger partial charge in [-0.25, -0.2) is 9.97 Å². The molecule has 0 bridgehead atoms. The van der Waals surface area contributed by atoms with Gasteiger partial charge in [-0.15, -0.1) is 0 Å². The Balaban J connectivity index is 2.00. The highest BCUT2D eigenvalue weighted by molar-refractivity contribution is 7.99. The maximum Gasteiger partial charge on any atom is 0.188 e. The van der Waals surface area contributed by atoms with Gasteiger partial charge >= 0.3 is 0 Å². The first-order valence-corrected chi connectivity index (χ1v) is 7.75. The Morgan fingerprint density at radius 2 is 1.84 bits per heavy atom. The van der Waals surface area contributed by atoms with Crippen molar-refractivity contribution < 1.29 is 5.11 Å². The normalized spacial score (nSPS) is 18.4. The first kappa shape index (κ1) is 14.8. The molecule has 2 N–H and O–H groups in total. The summed E-state index contributed by atoms with van der Waals surface area (Å²) in [4.78, 5) is 9.02. The van der Waals surface area contributed by atoms with E-state index in [2.05, 4.69) is 22.2 Å². The van der Waals surface area contributed by atoms with Crippen molar-refractivity contribution in [3.05, 3.63) is 17.0 Å². The minimum atomic E-state index is -0.248. The van der Waals surface area contributed by atoms with Crippen molar-refractivity contribution in [2.75, 3.05) is 12.4 Å². The SMILES string of the molecule is Cc1nc(SCC(C)(CO)NC2CC2)nc(C)c1C. The summed E-state index contributed by atoms with van der Waals surface area (Å²) in [5.74, 6) is 0.780. The minimum absolute atomic E-state index is 0.139. The van der Waals surface area contributed by atoms with Gasteiger partial charge in [0.1, 0.15) is 0 Å². The number of rotatable bonds is 6. The second kappa shape index (κ2) is 5.77. The number of aliphatic hydroxyl groups excluding tert-OH is 1. The van der Waals surface area contributed by atoms with Crippen LogP contribution in [-0.4, -0.2) is 39.0 Å². The molecule has 1 fully saturated rings. The number of aromatic nitrogens is 2. The number of thioether (sulfide) groups is 1. The van der Waals surface area contributed by atoms with Crippen LogP contribution in [0.2, 0.25) is 0 Å². The van der Waals surface area contributed by atoms with Crippen molar-refractivity contribution in [1.29, 1.82) is 0 Å². The topological polar surface area (TPSA) is 58.0 Å². The summed E-state index contributed by atoms with van der Waals surface area (Å²) in [5, 5.41) is 13.9. The Bertz CT molecular complexity index is 439. The molecule has 0 aliphatic heterocycles. The van der Waals surface area contributed by atoms with Gasteiger partial charge in [0.2, 0.25) is 0 Å². The lowest BCUT2D eigenvalue weighted by Crippen LogP contribution is -2.49. The molecule has 106 valence electrons. The molecule has 1 aliphatic carbocycles. The number of nitrogens with one attached hydrogen (secondary N) is 1. The summed E-state index contributed by atoms with van der Waals surface area (Å²) in [6.07, 6.45) is 2.44. The van der Waals surface area contributed by atoms with E-state index in [0.29, 0.717) is 6.04 Å².